The van der Waals surface area contributed by atoms with Crippen LogP contribution in [0.1, 0.15) is 18.9 Å². The average molecular weight is 207 g/mol. The molecule has 0 atom stereocenters. The third-order valence-corrected chi connectivity index (χ3v) is 2.66. The number of benzene rings is 1. The monoisotopic (exact) mass is 207 g/mol. The van der Waals surface area contributed by atoms with Gasteiger partial charge in [-0.15, -0.1) is 0 Å². The van der Waals surface area contributed by atoms with Crippen molar-refractivity contribution in [2.45, 2.75) is 20.0 Å². The quantitative estimate of drug-likeness (QED) is 0.820. The maximum absolute atomic E-state index is 9.04. The van der Waals surface area contributed by atoms with Gasteiger partial charge in [-0.1, -0.05) is 13.0 Å². The van der Waals surface area contributed by atoms with E-state index in [1.165, 1.54) is 0 Å². The van der Waals surface area contributed by atoms with E-state index in [9.17, 15) is 0 Å². The van der Waals surface area contributed by atoms with Gasteiger partial charge in [-0.3, -0.25) is 0 Å². The Morgan fingerprint density at radius 2 is 2.33 bits per heavy atom. The van der Waals surface area contributed by atoms with Gasteiger partial charge in [0.05, 0.1) is 18.8 Å². The van der Waals surface area contributed by atoms with Crippen LogP contribution in [0.15, 0.2) is 18.2 Å². The van der Waals surface area contributed by atoms with Gasteiger partial charge in [0.15, 0.2) is 0 Å². The van der Waals surface area contributed by atoms with Gasteiger partial charge in [-0.25, -0.2) is 0 Å². The first-order valence-electron chi connectivity index (χ1n) is 5.46. The molecule has 0 amide bonds. The van der Waals surface area contributed by atoms with Crippen LogP contribution >= 0.6 is 0 Å². The zero-order chi connectivity index (χ0) is 10.7. The van der Waals surface area contributed by atoms with Crippen molar-refractivity contribution in [3.63, 3.8) is 0 Å². The minimum atomic E-state index is 0.0738. The molecule has 0 spiro atoms. The molecule has 1 aromatic rings. The predicted molar refractivity (Wildman–Crippen MR) is 60.4 cm³/mol. The van der Waals surface area contributed by atoms with Crippen molar-refractivity contribution in [3.8, 4) is 5.75 Å². The first-order valence-corrected chi connectivity index (χ1v) is 5.46. The molecule has 0 bridgehead atoms. The minimum Gasteiger partial charge on any atom is -0.490 e. The fraction of sp³-hybridized carbons (Fsp3) is 0.500. The molecule has 0 saturated heterocycles. The summed E-state index contributed by atoms with van der Waals surface area (Å²) in [4.78, 5) is 2.33. The van der Waals surface area contributed by atoms with Crippen LogP contribution in [0.25, 0.3) is 0 Å². The molecule has 0 unspecified atom stereocenters. The van der Waals surface area contributed by atoms with Crippen molar-refractivity contribution in [1.82, 2.24) is 0 Å². The van der Waals surface area contributed by atoms with Crippen LogP contribution in [0, 0.1) is 0 Å². The van der Waals surface area contributed by atoms with E-state index in [0.717, 1.165) is 43.1 Å². The molecule has 3 nitrogen and oxygen atoms in total. The lowest BCUT2D eigenvalue weighted by Gasteiger charge is -2.31. The maximum Gasteiger partial charge on any atom is 0.143 e. The maximum atomic E-state index is 9.04. The van der Waals surface area contributed by atoms with Crippen LogP contribution in [-0.2, 0) is 6.61 Å². The lowest BCUT2D eigenvalue weighted by atomic mass is 10.1. The molecular weight excluding hydrogens is 190 g/mol. The summed E-state index contributed by atoms with van der Waals surface area (Å²) in [6.07, 6.45) is 1.14. The van der Waals surface area contributed by atoms with E-state index in [0.29, 0.717) is 0 Å². The summed E-state index contributed by atoms with van der Waals surface area (Å²) in [6.45, 7) is 5.01. The highest BCUT2D eigenvalue weighted by Crippen LogP contribution is 2.32. The fourth-order valence-electron chi connectivity index (χ4n) is 1.92. The number of hydrogen-bond acceptors (Lipinski definition) is 3. The number of ether oxygens (including phenoxy) is 1. The van der Waals surface area contributed by atoms with Gasteiger partial charge in [0.1, 0.15) is 12.4 Å². The number of aliphatic hydroxyl groups is 1. The summed E-state index contributed by atoms with van der Waals surface area (Å²) in [7, 11) is 0. The highest BCUT2D eigenvalue weighted by atomic mass is 16.5. The number of fused-ring (bicyclic) bond motifs is 1. The normalized spacial score (nSPS) is 14.7. The van der Waals surface area contributed by atoms with Crippen molar-refractivity contribution in [1.29, 1.82) is 0 Å². The summed E-state index contributed by atoms with van der Waals surface area (Å²) in [5.41, 5.74) is 2.06. The van der Waals surface area contributed by atoms with Crippen molar-refractivity contribution in [2.75, 3.05) is 24.6 Å². The lowest BCUT2D eigenvalue weighted by molar-refractivity contribution is 0.278. The van der Waals surface area contributed by atoms with E-state index in [2.05, 4.69) is 11.8 Å². The largest absolute Gasteiger partial charge is 0.490 e. The SMILES string of the molecule is CCCN1CCOc2cc(CO)ccc21. The van der Waals surface area contributed by atoms with Gasteiger partial charge in [0.25, 0.3) is 0 Å². The number of hydrogen-bond donors (Lipinski definition) is 1. The zero-order valence-corrected chi connectivity index (χ0v) is 9.07. The Morgan fingerprint density at radius 1 is 1.47 bits per heavy atom. The van der Waals surface area contributed by atoms with Gasteiger partial charge >= 0.3 is 0 Å². The fourth-order valence-corrected chi connectivity index (χ4v) is 1.92. The first kappa shape index (κ1) is 10.3. The number of aliphatic hydroxyl groups excluding tert-OH is 1. The van der Waals surface area contributed by atoms with E-state index >= 15 is 0 Å². The van der Waals surface area contributed by atoms with E-state index < -0.39 is 0 Å². The molecule has 15 heavy (non-hydrogen) atoms. The summed E-state index contributed by atoms with van der Waals surface area (Å²) in [6, 6.07) is 5.92. The van der Waals surface area contributed by atoms with Gasteiger partial charge in [-0.05, 0) is 24.1 Å². The molecule has 0 radical (unpaired) electrons. The molecule has 1 aliphatic rings. The number of rotatable bonds is 3. The topological polar surface area (TPSA) is 32.7 Å². The first-order chi connectivity index (χ1) is 7.35. The second-order valence-electron chi connectivity index (χ2n) is 3.80. The van der Waals surface area contributed by atoms with E-state index in [1.54, 1.807) is 0 Å². The molecule has 1 heterocycles. The van der Waals surface area contributed by atoms with Crippen molar-refractivity contribution in [2.24, 2.45) is 0 Å². The van der Waals surface area contributed by atoms with Gasteiger partial charge in [0.2, 0.25) is 0 Å². The van der Waals surface area contributed by atoms with E-state index in [-0.39, 0.29) is 6.61 Å². The lowest BCUT2D eigenvalue weighted by Crippen LogP contribution is -2.33. The molecule has 1 aliphatic heterocycles. The average Bonchev–Trinajstić information content (AvgIpc) is 2.29. The van der Waals surface area contributed by atoms with Gasteiger partial charge in [0, 0.05) is 6.54 Å². The van der Waals surface area contributed by atoms with Crippen LogP contribution in [0.2, 0.25) is 0 Å². The van der Waals surface area contributed by atoms with Crippen LogP contribution in [0.5, 0.6) is 5.75 Å². The Bertz CT molecular complexity index is 338. The summed E-state index contributed by atoms with van der Waals surface area (Å²) in [5.74, 6) is 0.904. The Morgan fingerprint density at radius 3 is 3.07 bits per heavy atom. The minimum absolute atomic E-state index is 0.0738. The second-order valence-corrected chi connectivity index (χ2v) is 3.80. The van der Waals surface area contributed by atoms with E-state index in [1.807, 2.05) is 18.2 Å². The molecular formula is C12H17NO2. The predicted octanol–water partition coefficient (Wildman–Crippen LogP) is 1.79. The van der Waals surface area contributed by atoms with Crippen molar-refractivity contribution < 1.29 is 9.84 Å². The molecule has 0 aliphatic carbocycles. The summed E-state index contributed by atoms with van der Waals surface area (Å²) < 4.78 is 5.59. The molecule has 0 saturated carbocycles. The third-order valence-electron chi connectivity index (χ3n) is 2.66. The van der Waals surface area contributed by atoms with Crippen molar-refractivity contribution >= 4 is 5.69 Å². The second kappa shape index (κ2) is 4.53. The molecule has 2 rings (SSSR count). The van der Waals surface area contributed by atoms with Crippen LogP contribution in [0.3, 0.4) is 0 Å². The number of anilines is 1. The molecule has 1 aromatic carbocycles. The van der Waals surface area contributed by atoms with Crippen LogP contribution in [0.4, 0.5) is 5.69 Å². The summed E-state index contributed by atoms with van der Waals surface area (Å²) in [5, 5.41) is 9.04. The van der Waals surface area contributed by atoms with Gasteiger partial charge < -0.3 is 14.7 Å². The molecule has 1 N–H and O–H groups in total. The summed E-state index contributed by atoms with van der Waals surface area (Å²) >= 11 is 0. The number of nitrogens with zero attached hydrogens (tertiary/aromatic N) is 1. The third kappa shape index (κ3) is 2.07. The smallest absolute Gasteiger partial charge is 0.143 e. The van der Waals surface area contributed by atoms with Crippen LogP contribution in [-0.4, -0.2) is 24.8 Å². The Labute approximate surface area is 90.3 Å². The molecule has 0 aromatic heterocycles. The molecule has 0 fully saturated rings. The molecule has 3 heteroatoms. The Hall–Kier alpha value is -1.22. The molecule has 82 valence electrons. The van der Waals surface area contributed by atoms with Crippen LogP contribution < -0.4 is 9.64 Å². The zero-order valence-electron chi connectivity index (χ0n) is 9.07. The highest BCUT2D eigenvalue weighted by Gasteiger charge is 2.17. The Kier molecular flexibility index (Phi) is 3.11. The standard InChI is InChI=1S/C12H17NO2/c1-2-5-13-6-7-15-12-8-10(9-14)3-4-11(12)13/h3-4,8,14H,2,5-7,9H2,1H3. The van der Waals surface area contributed by atoms with Gasteiger partial charge in [-0.2, -0.15) is 0 Å². The Balaban J connectivity index is 2.28. The van der Waals surface area contributed by atoms with Crippen molar-refractivity contribution in [3.05, 3.63) is 23.8 Å². The highest BCUT2D eigenvalue weighted by molar-refractivity contribution is 5.61. The van der Waals surface area contributed by atoms with E-state index in [4.69, 9.17) is 9.84 Å².